The zero-order chi connectivity index (χ0) is 18.9. The van der Waals surface area contributed by atoms with E-state index in [0.717, 1.165) is 5.56 Å². The number of methoxy groups -OCH3 is 1. The van der Waals surface area contributed by atoms with Crippen molar-refractivity contribution in [2.24, 2.45) is 5.14 Å². The normalized spacial score (nSPS) is 20.7. The fourth-order valence-corrected chi connectivity index (χ4v) is 3.82. The highest BCUT2D eigenvalue weighted by atomic mass is 32.2. The highest BCUT2D eigenvalue weighted by Gasteiger charge is 2.34. The van der Waals surface area contributed by atoms with Gasteiger partial charge in [0.25, 0.3) is 0 Å². The third-order valence-electron chi connectivity index (χ3n) is 4.63. The number of rotatable bonds is 4. The van der Waals surface area contributed by atoms with Crippen LogP contribution < -0.4 is 10.0 Å². The highest BCUT2D eigenvalue weighted by molar-refractivity contribution is 7.89. The molecule has 0 aromatic heterocycles. The molecule has 0 bridgehead atoms. The fraction of sp³-hybridized carbons (Fsp3) is 0.500. The Morgan fingerprint density at radius 3 is 2.81 bits per heavy atom. The minimum absolute atomic E-state index is 0.0319. The lowest BCUT2D eigenvalue weighted by atomic mass is 10.2. The zero-order valence-electron chi connectivity index (χ0n) is 14.4. The number of sulfonamides is 1. The molecular formula is C16H21N3O6S. The molecule has 10 heteroatoms. The number of carbonyl (C=O) groups is 2. The average Bonchev–Trinajstić information content (AvgIpc) is 3.04. The first-order valence-corrected chi connectivity index (χ1v) is 9.71. The summed E-state index contributed by atoms with van der Waals surface area (Å²) in [6.45, 7) is 1.59. The third kappa shape index (κ3) is 3.73. The molecule has 0 unspecified atom stereocenters. The van der Waals surface area contributed by atoms with Crippen LogP contribution in [0, 0.1) is 0 Å². The van der Waals surface area contributed by atoms with Gasteiger partial charge in [0.2, 0.25) is 15.9 Å². The topological polar surface area (TPSA) is 119 Å². The number of nitrogens with two attached hydrogens (primary N) is 1. The number of esters is 1. The van der Waals surface area contributed by atoms with Crippen molar-refractivity contribution < 1.29 is 27.5 Å². The Morgan fingerprint density at radius 1 is 1.35 bits per heavy atom. The van der Waals surface area contributed by atoms with E-state index in [1.807, 2.05) is 0 Å². The van der Waals surface area contributed by atoms with Gasteiger partial charge >= 0.3 is 5.97 Å². The second kappa shape index (κ2) is 7.31. The van der Waals surface area contributed by atoms with Crippen LogP contribution in [0.1, 0.15) is 5.56 Å². The molecule has 1 amide bonds. The van der Waals surface area contributed by atoms with Gasteiger partial charge in [-0.15, -0.1) is 0 Å². The van der Waals surface area contributed by atoms with Gasteiger partial charge in [0.1, 0.15) is 6.04 Å². The predicted octanol–water partition coefficient (Wildman–Crippen LogP) is -0.903. The number of benzene rings is 1. The number of primary sulfonamides is 1. The van der Waals surface area contributed by atoms with Crippen LogP contribution in [0.5, 0.6) is 0 Å². The lowest BCUT2D eigenvalue weighted by Crippen LogP contribution is -2.53. The molecule has 2 aliphatic rings. The Hall–Kier alpha value is -2.01. The van der Waals surface area contributed by atoms with Crippen LogP contribution in [-0.2, 0) is 35.5 Å². The lowest BCUT2D eigenvalue weighted by Gasteiger charge is -2.34. The second-order valence-electron chi connectivity index (χ2n) is 6.22. The smallest absolute Gasteiger partial charge is 0.325 e. The standard InChI is InChI=1S/C16H21N3O6S/c1-24-16(21)14-10-25-7-6-18(14)9-15(20)19-5-4-11-8-12(26(17,22)23)2-3-13(11)19/h2-3,8,14H,4-7,9-10H2,1H3,(H2,17,22,23)/t14-/m1/s1. The molecule has 1 aromatic carbocycles. The highest BCUT2D eigenvalue weighted by Crippen LogP contribution is 2.30. The SMILES string of the molecule is COC(=O)[C@H]1COCCN1CC(=O)N1CCc2cc(S(N)(=O)=O)ccc21. The Kier molecular flexibility index (Phi) is 5.28. The van der Waals surface area contributed by atoms with Gasteiger partial charge in [0, 0.05) is 18.8 Å². The quantitative estimate of drug-likeness (QED) is 0.669. The minimum Gasteiger partial charge on any atom is -0.468 e. The summed E-state index contributed by atoms with van der Waals surface area (Å²) in [5.74, 6) is -0.597. The molecule has 1 fully saturated rings. The molecule has 0 saturated carbocycles. The van der Waals surface area contributed by atoms with Crippen LogP contribution in [0.3, 0.4) is 0 Å². The molecule has 0 spiro atoms. The van der Waals surface area contributed by atoms with Crippen LogP contribution in [0.2, 0.25) is 0 Å². The number of carbonyl (C=O) groups excluding carboxylic acids is 2. The Bertz CT molecular complexity index is 825. The van der Waals surface area contributed by atoms with Crippen LogP contribution in [0.15, 0.2) is 23.1 Å². The van der Waals surface area contributed by atoms with E-state index in [1.165, 1.54) is 19.2 Å². The van der Waals surface area contributed by atoms with E-state index in [9.17, 15) is 18.0 Å². The maximum absolute atomic E-state index is 12.8. The maximum Gasteiger partial charge on any atom is 0.325 e. The Morgan fingerprint density at radius 2 is 2.12 bits per heavy atom. The number of anilines is 1. The maximum atomic E-state index is 12.8. The summed E-state index contributed by atoms with van der Waals surface area (Å²) in [7, 11) is -2.48. The van der Waals surface area contributed by atoms with Gasteiger partial charge in [-0.2, -0.15) is 0 Å². The molecule has 1 aromatic rings. The van der Waals surface area contributed by atoms with Crippen LogP contribution in [0.25, 0.3) is 0 Å². The third-order valence-corrected chi connectivity index (χ3v) is 5.54. The van der Waals surface area contributed by atoms with E-state index in [4.69, 9.17) is 14.6 Å². The van der Waals surface area contributed by atoms with E-state index < -0.39 is 22.0 Å². The average molecular weight is 383 g/mol. The van der Waals surface area contributed by atoms with Crippen molar-refractivity contribution >= 4 is 27.6 Å². The Balaban J connectivity index is 1.75. The van der Waals surface area contributed by atoms with Gasteiger partial charge in [-0.25, -0.2) is 13.6 Å². The van der Waals surface area contributed by atoms with Crippen LogP contribution in [0.4, 0.5) is 5.69 Å². The molecule has 2 N–H and O–H groups in total. The molecule has 0 radical (unpaired) electrons. The number of morpholine rings is 1. The molecule has 1 atom stereocenters. The number of nitrogens with zero attached hydrogens (tertiary/aromatic N) is 2. The number of hydrogen-bond donors (Lipinski definition) is 1. The largest absolute Gasteiger partial charge is 0.468 e. The van der Waals surface area contributed by atoms with Crippen molar-refractivity contribution in [2.45, 2.75) is 17.4 Å². The van der Waals surface area contributed by atoms with E-state index in [-0.39, 0.29) is 24.0 Å². The van der Waals surface area contributed by atoms with Crippen molar-refractivity contribution in [3.05, 3.63) is 23.8 Å². The molecule has 1 saturated heterocycles. The first kappa shape index (κ1) is 18.8. The van der Waals surface area contributed by atoms with Gasteiger partial charge in [-0.1, -0.05) is 0 Å². The van der Waals surface area contributed by atoms with Gasteiger partial charge in [0.15, 0.2) is 0 Å². The summed E-state index contributed by atoms with van der Waals surface area (Å²) < 4.78 is 33.0. The molecule has 2 heterocycles. The summed E-state index contributed by atoms with van der Waals surface area (Å²) in [6, 6.07) is 3.89. The molecule has 142 valence electrons. The summed E-state index contributed by atoms with van der Waals surface area (Å²) >= 11 is 0. The van der Waals surface area contributed by atoms with E-state index in [1.54, 1.807) is 15.9 Å². The van der Waals surface area contributed by atoms with Crippen molar-refractivity contribution in [1.29, 1.82) is 0 Å². The molecule has 0 aliphatic carbocycles. The first-order chi connectivity index (χ1) is 12.3. The second-order valence-corrected chi connectivity index (χ2v) is 7.78. The van der Waals surface area contributed by atoms with Crippen LogP contribution >= 0.6 is 0 Å². The summed E-state index contributed by atoms with van der Waals surface area (Å²) in [5.41, 5.74) is 1.43. The van der Waals surface area contributed by atoms with E-state index in [2.05, 4.69) is 0 Å². The summed E-state index contributed by atoms with van der Waals surface area (Å²) in [5, 5.41) is 5.16. The summed E-state index contributed by atoms with van der Waals surface area (Å²) in [4.78, 5) is 28.0. The van der Waals surface area contributed by atoms with E-state index >= 15 is 0 Å². The fourth-order valence-electron chi connectivity index (χ4n) is 3.25. The number of fused-ring (bicyclic) bond motifs is 1. The zero-order valence-corrected chi connectivity index (χ0v) is 15.2. The van der Waals surface area contributed by atoms with Gasteiger partial charge in [-0.05, 0) is 30.2 Å². The minimum atomic E-state index is -3.78. The number of hydrogen-bond acceptors (Lipinski definition) is 7. The van der Waals surface area contributed by atoms with Gasteiger partial charge in [0.05, 0.1) is 31.8 Å². The molecule has 9 nitrogen and oxygen atoms in total. The predicted molar refractivity (Wildman–Crippen MR) is 92.1 cm³/mol. The van der Waals surface area contributed by atoms with Gasteiger partial charge in [-0.3, -0.25) is 14.5 Å². The lowest BCUT2D eigenvalue weighted by molar-refractivity contribution is -0.153. The van der Waals surface area contributed by atoms with Crippen molar-refractivity contribution in [3.63, 3.8) is 0 Å². The van der Waals surface area contributed by atoms with Crippen molar-refractivity contribution in [1.82, 2.24) is 4.90 Å². The van der Waals surface area contributed by atoms with Crippen LogP contribution in [-0.4, -0.2) is 71.2 Å². The Labute approximate surface area is 151 Å². The monoisotopic (exact) mass is 383 g/mol. The number of ether oxygens (including phenoxy) is 2. The summed E-state index contributed by atoms with van der Waals surface area (Å²) in [6.07, 6.45) is 0.550. The molecule has 26 heavy (non-hydrogen) atoms. The first-order valence-electron chi connectivity index (χ1n) is 8.17. The molecular weight excluding hydrogens is 362 g/mol. The number of amides is 1. The van der Waals surface area contributed by atoms with Crippen molar-refractivity contribution in [2.75, 3.05) is 44.9 Å². The molecule has 3 rings (SSSR count). The van der Waals surface area contributed by atoms with Gasteiger partial charge < -0.3 is 14.4 Å². The van der Waals surface area contributed by atoms with Crippen molar-refractivity contribution in [3.8, 4) is 0 Å². The molecule has 2 aliphatic heterocycles. The van der Waals surface area contributed by atoms with E-state index in [0.29, 0.717) is 31.8 Å².